The van der Waals surface area contributed by atoms with E-state index in [9.17, 15) is 8.42 Å². The van der Waals surface area contributed by atoms with E-state index in [2.05, 4.69) is 5.16 Å². The van der Waals surface area contributed by atoms with Crippen molar-refractivity contribution >= 4 is 30.7 Å². The molecule has 0 aliphatic carbocycles. The van der Waals surface area contributed by atoms with Gasteiger partial charge in [0.25, 0.3) is 9.05 Å². The molecule has 4 nitrogen and oxygen atoms in total. The maximum Gasteiger partial charge on any atom is 0.265 e. The first-order valence-corrected chi connectivity index (χ1v) is 5.68. The minimum Gasteiger partial charge on any atom is -0.355 e. The van der Waals surface area contributed by atoms with Crippen molar-refractivity contribution in [1.82, 2.24) is 5.16 Å². The Morgan fingerprint density at radius 2 is 2.15 bits per heavy atom. The van der Waals surface area contributed by atoms with Crippen LogP contribution >= 0.6 is 10.7 Å². The molecule has 0 aliphatic rings. The van der Waals surface area contributed by atoms with Crippen molar-refractivity contribution in [1.29, 1.82) is 0 Å². The predicted molar refractivity (Wildman–Crippen MR) is 47.0 cm³/mol. The van der Waals surface area contributed by atoms with E-state index in [0.29, 0.717) is 5.39 Å². The molecule has 0 N–H and O–H groups in total. The summed E-state index contributed by atoms with van der Waals surface area (Å²) >= 11 is 0. The number of fused-ring (bicyclic) bond motifs is 1. The third kappa shape index (κ3) is 1.40. The van der Waals surface area contributed by atoms with Gasteiger partial charge in [0.15, 0.2) is 5.58 Å². The molecule has 2 rings (SSSR count). The van der Waals surface area contributed by atoms with E-state index >= 15 is 0 Å². The van der Waals surface area contributed by atoms with Crippen molar-refractivity contribution in [2.45, 2.75) is 4.90 Å². The van der Waals surface area contributed by atoms with Crippen LogP contribution in [0.25, 0.3) is 11.0 Å². The Morgan fingerprint density at radius 3 is 2.85 bits per heavy atom. The van der Waals surface area contributed by atoms with Crippen molar-refractivity contribution < 1.29 is 12.9 Å². The third-order valence-corrected chi connectivity index (χ3v) is 2.95. The lowest BCUT2D eigenvalue weighted by molar-refractivity contribution is 0.451. The van der Waals surface area contributed by atoms with Crippen LogP contribution in [0.2, 0.25) is 0 Å². The summed E-state index contributed by atoms with van der Waals surface area (Å²) in [7, 11) is 1.42. The van der Waals surface area contributed by atoms with Gasteiger partial charge in [0.1, 0.15) is 4.90 Å². The van der Waals surface area contributed by atoms with Crippen LogP contribution in [0.15, 0.2) is 33.8 Å². The second-order valence-electron chi connectivity index (χ2n) is 2.44. The Hall–Kier alpha value is -1.07. The average molecular weight is 218 g/mol. The van der Waals surface area contributed by atoms with Gasteiger partial charge < -0.3 is 4.52 Å². The Kier molecular flexibility index (Phi) is 1.78. The summed E-state index contributed by atoms with van der Waals surface area (Å²) in [6.07, 6.45) is 1.43. The van der Waals surface area contributed by atoms with Crippen LogP contribution in [-0.2, 0) is 9.05 Å². The van der Waals surface area contributed by atoms with Gasteiger partial charge in [-0.05, 0) is 12.1 Å². The van der Waals surface area contributed by atoms with Gasteiger partial charge in [0, 0.05) is 16.1 Å². The Labute approximate surface area is 78.5 Å². The molecule has 6 heteroatoms. The highest BCUT2D eigenvalue weighted by molar-refractivity contribution is 8.13. The van der Waals surface area contributed by atoms with Gasteiger partial charge in [-0.3, -0.25) is 0 Å². The molecular weight excluding hydrogens is 214 g/mol. The van der Waals surface area contributed by atoms with E-state index in [0.717, 1.165) is 0 Å². The van der Waals surface area contributed by atoms with E-state index in [1.54, 1.807) is 12.1 Å². The van der Waals surface area contributed by atoms with Gasteiger partial charge in [-0.25, -0.2) is 8.42 Å². The van der Waals surface area contributed by atoms with Crippen molar-refractivity contribution in [3.8, 4) is 0 Å². The molecule has 0 atom stereocenters. The fourth-order valence-electron chi connectivity index (χ4n) is 1.06. The Balaban J connectivity index is 2.91. The summed E-state index contributed by atoms with van der Waals surface area (Å²) in [5.41, 5.74) is 0.192. The molecule has 1 heterocycles. The molecule has 0 amide bonds. The highest BCUT2D eigenvalue weighted by atomic mass is 35.7. The summed E-state index contributed by atoms with van der Waals surface area (Å²) < 4.78 is 26.8. The number of halogens is 1. The molecule has 2 aromatic rings. The third-order valence-electron chi connectivity index (χ3n) is 1.61. The van der Waals surface area contributed by atoms with Crippen molar-refractivity contribution in [3.63, 3.8) is 0 Å². The van der Waals surface area contributed by atoms with Crippen molar-refractivity contribution in [3.05, 3.63) is 24.4 Å². The SMILES string of the molecule is O=S(=O)(Cl)c1cccc2cnoc12. The second kappa shape index (κ2) is 2.71. The number of para-hydroxylation sites is 1. The first-order chi connectivity index (χ1) is 6.09. The zero-order valence-corrected chi connectivity index (χ0v) is 7.84. The van der Waals surface area contributed by atoms with Crippen LogP contribution in [0, 0.1) is 0 Å². The largest absolute Gasteiger partial charge is 0.355 e. The molecular formula is C7H4ClNO3S. The summed E-state index contributed by atoms with van der Waals surface area (Å²) in [6, 6.07) is 4.64. The highest BCUT2D eigenvalue weighted by Gasteiger charge is 2.16. The van der Waals surface area contributed by atoms with E-state index in [1.807, 2.05) is 0 Å². The second-order valence-corrected chi connectivity index (χ2v) is 4.97. The predicted octanol–water partition coefficient (Wildman–Crippen LogP) is 1.76. The minimum atomic E-state index is -3.76. The molecule has 68 valence electrons. The molecule has 1 aromatic carbocycles. The summed E-state index contributed by atoms with van der Waals surface area (Å²) in [5.74, 6) is 0. The smallest absolute Gasteiger partial charge is 0.265 e. The standard InChI is InChI=1S/C7H4ClNO3S/c8-13(10,11)6-3-1-2-5-4-9-12-7(5)6/h1-4H. The fraction of sp³-hybridized carbons (Fsp3) is 0. The van der Waals surface area contributed by atoms with Gasteiger partial charge in [-0.1, -0.05) is 11.2 Å². The maximum atomic E-state index is 11.0. The molecule has 0 bridgehead atoms. The van der Waals surface area contributed by atoms with Crippen LogP contribution in [-0.4, -0.2) is 13.6 Å². The number of nitrogens with zero attached hydrogens (tertiary/aromatic N) is 1. The lowest BCUT2D eigenvalue weighted by atomic mass is 10.3. The number of hydrogen-bond acceptors (Lipinski definition) is 4. The molecule has 0 fully saturated rings. The van der Waals surface area contributed by atoms with Crippen LogP contribution in [0.3, 0.4) is 0 Å². The number of benzene rings is 1. The topological polar surface area (TPSA) is 60.2 Å². The number of hydrogen-bond donors (Lipinski definition) is 0. The first-order valence-electron chi connectivity index (χ1n) is 3.37. The molecule has 0 radical (unpaired) electrons. The lowest BCUT2D eigenvalue weighted by Gasteiger charge is -1.94. The van der Waals surface area contributed by atoms with E-state index in [4.69, 9.17) is 15.2 Å². The van der Waals surface area contributed by atoms with Crippen molar-refractivity contribution in [2.24, 2.45) is 0 Å². The van der Waals surface area contributed by atoms with Crippen LogP contribution in [0.1, 0.15) is 0 Å². The normalized spacial score (nSPS) is 12.1. The zero-order chi connectivity index (χ0) is 9.47. The molecule has 0 saturated heterocycles. The zero-order valence-electron chi connectivity index (χ0n) is 6.27. The van der Waals surface area contributed by atoms with Crippen molar-refractivity contribution in [2.75, 3.05) is 0 Å². The molecule has 0 saturated carbocycles. The monoisotopic (exact) mass is 217 g/mol. The average Bonchev–Trinajstić information content (AvgIpc) is 2.48. The van der Waals surface area contributed by atoms with Gasteiger partial charge >= 0.3 is 0 Å². The minimum absolute atomic E-state index is 0.0517. The molecule has 0 spiro atoms. The van der Waals surface area contributed by atoms with E-state index in [-0.39, 0.29) is 10.5 Å². The van der Waals surface area contributed by atoms with Gasteiger partial charge in [-0.2, -0.15) is 0 Å². The molecule has 13 heavy (non-hydrogen) atoms. The maximum absolute atomic E-state index is 11.0. The van der Waals surface area contributed by atoms with E-state index < -0.39 is 9.05 Å². The fourth-order valence-corrected chi connectivity index (χ4v) is 2.04. The summed E-state index contributed by atoms with van der Waals surface area (Å²) in [5, 5.41) is 4.09. The highest BCUT2D eigenvalue weighted by Crippen LogP contribution is 2.24. The summed E-state index contributed by atoms with van der Waals surface area (Å²) in [4.78, 5) is -0.0517. The molecule has 0 aliphatic heterocycles. The van der Waals surface area contributed by atoms with Gasteiger partial charge in [0.2, 0.25) is 0 Å². The van der Waals surface area contributed by atoms with E-state index in [1.165, 1.54) is 12.3 Å². The number of rotatable bonds is 1. The Morgan fingerprint density at radius 1 is 1.38 bits per heavy atom. The van der Waals surface area contributed by atoms with Crippen LogP contribution < -0.4 is 0 Å². The number of aromatic nitrogens is 1. The molecule has 1 aromatic heterocycles. The summed E-state index contributed by atoms with van der Waals surface area (Å²) in [6.45, 7) is 0. The lowest BCUT2D eigenvalue weighted by Crippen LogP contribution is -1.89. The van der Waals surface area contributed by atoms with Crippen LogP contribution in [0.5, 0.6) is 0 Å². The van der Waals surface area contributed by atoms with Gasteiger partial charge in [0.05, 0.1) is 6.20 Å². The molecule has 0 unspecified atom stereocenters. The van der Waals surface area contributed by atoms with Gasteiger partial charge in [-0.15, -0.1) is 0 Å². The Bertz CT molecular complexity index is 546. The first kappa shape index (κ1) is 8.52. The van der Waals surface area contributed by atoms with Crippen LogP contribution in [0.4, 0.5) is 0 Å². The quantitative estimate of drug-likeness (QED) is 0.683.